The third-order valence-electron chi connectivity index (χ3n) is 3.18. The van der Waals surface area contributed by atoms with Crippen molar-refractivity contribution in [2.45, 2.75) is 31.8 Å². The fourth-order valence-electron chi connectivity index (χ4n) is 2.20. The van der Waals surface area contributed by atoms with E-state index in [-0.39, 0.29) is 18.1 Å². The average molecular weight is 294 g/mol. The third-order valence-corrected chi connectivity index (χ3v) is 4.08. The lowest BCUT2D eigenvalue weighted by Crippen LogP contribution is -2.45. The lowest BCUT2D eigenvalue weighted by Gasteiger charge is -2.17. The van der Waals surface area contributed by atoms with Crippen LogP contribution in [0, 0.1) is 5.92 Å². The van der Waals surface area contributed by atoms with Gasteiger partial charge in [0, 0.05) is 17.3 Å². The number of carboxylic acid groups (broad SMARTS) is 1. The Bertz CT molecular complexity index is 499. The summed E-state index contributed by atoms with van der Waals surface area (Å²) in [5.41, 5.74) is 0. The maximum Gasteiger partial charge on any atom is 0.315 e. The molecule has 5 nitrogen and oxygen atoms in total. The largest absolute Gasteiger partial charge is 0.481 e. The maximum absolute atomic E-state index is 11.8. The van der Waals surface area contributed by atoms with Gasteiger partial charge >= 0.3 is 12.0 Å². The summed E-state index contributed by atoms with van der Waals surface area (Å²) in [6, 6.07) is 3.61. The number of hydrogen-bond acceptors (Lipinski definition) is 3. The monoisotopic (exact) mass is 294 g/mol. The predicted molar refractivity (Wildman–Crippen MR) is 77.8 cm³/mol. The summed E-state index contributed by atoms with van der Waals surface area (Å²) in [6.07, 6.45) is 4.58. The van der Waals surface area contributed by atoms with Gasteiger partial charge in [-0.25, -0.2) is 4.79 Å². The first-order chi connectivity index (χ1) is 9.54. The van der Waals surface area contributed by atoms with Crippen LogP contribution in [0.2, 0.25) is 0 Å². The molecule has 1 aromatic rings. The first-order valence-electron chi connectivity index (χ1n) is 6.55. The highest BCUT2D eigenvalue weighted by atomic mass is 32.1. The quantitative estimate of drug-likeness (QED) is 0.727. The number of thiophene rings is 1. The standard InChI is InChI=1S/C14H18N2O3S/c1-9(7-12-3-2-6-20-12)15-14(19)16-11-5-4-10(8-11)13(17)18/h2-6,9-11H,7-8H2,1H3,(H,17,18)(H2,15,16,19). The molecule has 3 atom stereocenters. The minimum atomic E-state index is -0.850. The van der Waals surface area contributed by atoms with Crippen LogP contribution in [-0.2, 0) is 11.2 Å². The van der Waals surface area contributed by atoms with E-state index in [1.165, 1.54) is 4.88 Å². The molecule has 6 heteroatoms. The molecule has 1 heterocycles. The molecule has 1 aromatic heterocycles. The van der Waals surface area contributed by atoms with Crippen molar-refractivity contribution in [2.75, 3.05) is 0 Å². The van der Waals surface area contributed by atoms with Gasteiger partial charge < -0.3 is 15.7 Å². The number of carbonyl (C=O) groups excluding carboxylic acids is 1. The van der Waals surface area contributed by atoms with Crippen LogP contribution < -0.4 is 10.6 Å². The summed E-state index contributed by atoms with van der Waals surface area (Å²) >= 11 is 1.67. The van der Waals surface area contributed by atoms with Crippen LogP contribution >= 0.6 is 11.3 Å². The van der Waals surface area contributed by atoms with Crippen molar-refractivity contribution in [3.8, 4) is 0 Å². The van der Waals surface area contributed by atoms with E-state index < -0.39 is 11.9 Å². The van der Waals surface area contributed by atoms with Gasteiger partial charge in [0.1, 0.15) is 0 Å². The van der Waals surface area contributed by atoms with Crippen LogP contribution in [-0.4, -0.2) is 29.2 Å². The zero-order chi connectivity index (χ0) is 14.5. The van der Waals surface area contributed by atoms with Gasteiger partial charge in [0.05, 0.1) is 12.0 Å². The van der Waals surface area contributed by atoms with Gasteiger partial charge in [0.2, 0.25) is 0 Å². The van der Waals surface area contributed by atoms with Crippen molar-refractivity contribution in [3.63, 3.8) is 0 Å². The molecule has 0 radical (unpaired) electrons. The minimum Gasteiger partial charge on any atom is -0.481 e. The van der Waals surface area contributed by atoms with E-state index in [0.29, 0.717) is 6.42 Å². The second kappa shape index (κ2) is 6.56. The Balaban J connectivity index is 1.73. The Labute approximate surface area is 121 Å². The van der Waals surface area contributed by atoms with E-state index in [9.17, 15) is 9.59 Å². The Hall–Kier alpha value is -1.82. The van der Waals surface area contributed by atoms with Crippen LogP contribution in [0.3, 0.4) is 0 Å². The number of nitrogens with one attached hydrogen (secondary N) is 2. The first-order valence-corrected chi connectivity index (χ1v) is 7.43. The molecule has 0 fully saturated rings. The molecule has 0 bridgehead atoms. The van der Waals surface area contributed by atoms with Crippen molar-refractivity contribution in [2.24, 2.45) is 5.92 Å². The molecule has 3 unspecified atom stereocenters. The second-order valence-electron chi connectivity index (χ2n) is 4.97. The van der Waals surface area contributed by atoms with Crippen LogP contribution in [0.25, 0.3) is 0 Å². The zero-order valence-electron chi connectivity index (χ0n) is 11.2. The van der Waals surface area contributed by atoms with Crippen LogP contribution in [0.4, 0.5) is 4.79 Å². The Morgan fingerprint density at radius 3 is 2.90 bits per heavy atom. The summed E-state index contributed by atoms with van der Waals surface area (Å²) in [5, 5.41) is 16.5. The number of aliphatic carboxylic acids is 1. The number of amides is 2. The molecular formula is C14H18N2O3S. The SMILES string of the molecule is CC(Cc1cccs1)NC(=O)NC1C=CC(C(=O)O)C1. The van der Waals surface area contributed by atoms with E-state index in [0.717, 1.165) is 6.42 Å². The number of urea groups is 1. The second-order valence-corrected chi connectivity index (χ2v) is 6.01. The Morgan fingerprint density at radius 2 is 2.30 bits per heavy atom. The van der Waals surface area contributed by atoms with Gasteiger partial charge in [-0.15, -0.1) is 11.3 Å². The highest BCUT2D eigenvalue weighted by Crippen LogP contribution is 2.17. The topological polar surface area (TPSA) is 78.4 Å². The predicted octanol–water partition coefficient (Wildman–Crippen LogP) is 2.01. The molecule has 3 N–H and O–H groups in total. The van der Waals surface area contributed by atoms with Crippen molar-refractivity contribution in [1.29, 1.82) is 0 Å². The number of carbonyl (C=O) groups is 2. The van der Waals surface area contributed by atoms with Crippen molar-refractivity contribution in [1.82, 2.24) is 10.6 Å². The van der Waals surface area contributed by atoms with E-state index in [2.05, 4.69) is 10.6 Å². The van der Waals surface area contributed by atoms with E-state index in [1.54, 1.807) is 23.5 Å². The fraction of sp³-hybridized carbons (Fsp3) is 0.429. The fourth-order valence-corrected chi connectivity index (χ4v) is 3.04. The lowest BCUT2D eigenvalue weighted by molar-refractivity contribution is -0.140. The van der Waals surface area contributed by atoms with Crippen molar-refractivity contribution >= 4 is 23.3 Å². The maximum atomic E-state index is 11.8. The molecule has 0 saturated carbocycles. The molecule has 0 spiro atoms. The first kappa shape index (κ1) is 14.6. The minimum absolute atomic E-state index is 0.0364. The van der Waals surface area contributed by atoms with Gasteiger partial charge in [-0.3, -0.25) is 4.79 Å². The average Bonchev–Trinajstić information content (AvgIpc) is 2.99. The molecule has 1 aliphatic carbocycles. The highest BCUT2D eigenvalue weighted by molar-refractivity contribution is 7.09. The smallest absolute Gasteiger partial charge is 0.315 e. The third kappa shape index (κ3) is 4.09. The molecule has 2 rings (SSSR count). The molecule has 20 heavy (non-hydrogen) atoms. The molecule has 108 valence electrons. The summed E-state index contributed by atoms with van der Waals surface area (Å²) in [6.45, 7) is 1.95. The summed E-state index contributed by atoms with van der Waals surface area (Å²) < 4.78 is 0. The zero-order valence-corrected chi connectivity index (χ0v) is 12.0. The van der Waals surface area contributed by atoms with Crippen LogP contribution in [0.5, 0.6) is 0 Å². The van der Waals surface area contributed by atoms with E-state index >= 15 is 0 Å². The molecular weight excluding hydrogens is 276 g/mol. The number of carboxylic acids is 1. The number of rotatable bonds is 5. The van der Waals surface area contributed by atoms with Gasteiger partial charge in [-0.1, -0.05) is 18.2 Å². The Morgan fingerprint density at radius 1 is 1.50 bits per heavy atom. The lowest BCUT2D eigenvalue weighted by atomic mass is 10.1. The normalized spacial score (nSPS) is 22.4. The van der Waals surface area contributed by atoms with Gasteiger partial charge in [-0.05, 0) is 24.8 Å². The highest BCUT2D eigenvalue weighted by Gasteiger charge is 2.25. The van der Waals surface area contributed by atoms with Crippen molar-refractivity contribution < 1.29 is 14.7 Å². The summed E-state index contributed by atoms with van der Waals surface area (Å²) in [5.74, 6) is -1.35. The summed E-state index contributed by atoms with van der Waals surface area (Å²) in [4.78, 5) is 23.9. The van der Waals surface area contributed by atoms with E-state index in [1.807, 2.05) is 24.4 Å². The van der Waals surface area contributed by atoms with Gasteiger partial charge in [0.15, 0.2) is 0 Å². The van der Waals surface area contributed by atoms with E-state index in [4.69, 9.17) is 5.11 Å². The number of hydrogen-bond donors (Lipinski definition) is 3. The Kier molecular flexibility index (Phi) is 4.79. The molecule has 2 amide bonds. The summed E-state index contributed by atoms with van der Waals surface area (Å²) in [7, 11) is 0. The van der Waals surface area contributed by atoms with Crippen LogP contribution in [0.1, 0.15) is 18.2 Å². The molecule has 0 aromatic carbocycles. The molecule has 1 aliphatic rings. The van der Waals surface area contributed by atoms with Gasteiger partial charge in [-0.2, -0.15) is 0 Å². The van der Waals surface area contributed by atoms with Gasteiger partial charge in [0.25, 0.3) is 0 Å². The van der Waals surface area contributed by atoms with Crippen molar-refractivity contribution in [3.05, 3.63) is 34.5 Å². The van der Waals surface area contributed by atoms with Crippen LogP contribution in [0.15, 0.2) is 29.7 Å². The molecule has 0 saturated heterocycles. The molecule has 0 aliphatic heterocycles.